The maximum Gasteiger partial charge on any atom is 0.338 e. The van der Waals surface area contributed by atoms with Crippen molar-refractivity contribution in [3.05, 3.63) is 157 Å². The zero-order valence-electron chi connectivity index (χ0n) is 28.4. The minimum absolute atomic E-state index is 0.133. The van der Waals surface area contributed by atoms with Crippen LogP contribution in [0.25, 0.3) is 28.3 Å². The second-order valence-electron chi connectivity index (χ2n) is 11.2. The van der Waals surface area contributed by atoms with Crippen molar-refractivity contribution < 1.29 is 38.1 Å². The quantitative estimate of drug-likeness (QED) is 0.0511. The van der Waals surface area contributed by atoms with E-state index >= 15 is 0 Å². The molecule has 0 heterocycles. The van der Waals surface area contributed by atoms with Gasteiger partial charge in [0.15, 0.2) is 0 Å². The van der Waals surface area contributed by atoms with Crippen LogP contribution in [0.3, 0.4) is 0 Å². The summed E-state index contributed by atoms with van der Waals surface area (Å²) in [5, 5.41) is 0. The standard InChI is InChI=1S/C43H34O8/c1-8-39(44)51-40-37(34-17-22-36(23-18-34)50-43(47)29(6)7)24-19-33(38(40)25-26-48-41(45)27(2)3)14-11-30-9-12-31(13-10-30)32-15-20-35(21-16-32)49-42(46)28(4)5/h8-10,12-13,15-26H,1-2,4,6H2,3,5,7H3/b26-25+. The molecule has 0 bridgehead atoms. The fourth-order valence-electron chi connectivity index (χ4n) is 4.31. The minimum atomic E-state index is -0.723. The van der Waals surface area contributed by atoms with Crippen LogP contribution in [0.5, 0.6) is 17.2 Å². The Hall–Kier alpha value is -6.98. The molecule has 0 saturated heterocycles. The van der Waals surface area contributed by atoms with E-state index in [1.807, 2.05) is 36.4 Å². The summed E-state index contributed by atoms with van der Waals surface area (Å²) in [5.74, 6) is 4.72. The lowest BCUT2D eigenvalue weighted by atomic mass is 9.96. The molecule has 0 spiro atoms. The normalized spacial score (nSPS) is 10.3. The average Bonchev–Trinajstić information content (AvgIpc) is 3.12. The van der Waals surface area contributed by atoms with Gasteiger partial charge in [-0.05, 0) is 92.1 Å². The summed E-state index contributed by atoms with van der Waals surface area (Å²) in [5.41, 5.74) is 5.24. The van der Waals surface area contributed by atoms with Gasteiger partial charge >= 0.3 is 23.9 Å². The van der Waals surface area contributed by atoms with Gasteiger partial charge in [0.2, 0.25) is 0 Å². The molecule has 0 aromatic heterocycles. The Morgan fingerprint density at radius 1 is 0.588 bits per heavy atom. The molecule has 0 aliphatic heterocycles. The third-order valence-corrected chi connectivity index (χ3v) is 7.02. The van der Waals surface area contributed by atoms with Gasteiger partial charge in [-0.1, -0.05) is 74.6 Å². The van der Waals surface area contributed by atoms with Gasteiger partial charge in [0.1, 0.15) is 17.2 Å². The molecule has 4 aromatic rings. The highest BCUT2D eigenvalue weighted by Crippen LogP contribution is 2.37. The van der Waals surface area contributed by atoms with E-state index in [1.54, 1.807) is 62.4 Å². The van der Waals surface area contributed by atoms with E-state index in [1.165, 1.54) is 19.3 Å². The minimum Gasteiger partial charge on any atom is -0.431 e. The van der Waals surface area contributed by atoms with Crippen LogP contribution in [0.1, 0.15) is 37.5 Å². The van der Waals surface area contributed by atoms with Gasteiger partial charge in [-0.25, -0.2) is 19.2 Å². The predicted molar refractivity (Wildman–Crippen MR) is 196 cm³/mol. The molecular weight excluding hydrogens is 644 g/mol. The summed E-state index contributed by atoms with van der Waals surface area (Å²) in [4.78, 5) is 48.5. The van der Waals surface area contributed by atoms with E-state index in [2.05, 4.69) is 38.2 Å². The molecule has 254 valence electrons. The summed E-state index contributed by atoms with van der Waals surface area (Å²) >= 11 is 0. The van der Waals surface area contributed by atoms with Crippen molar-refractivity contribution >= 4 is 30.0 Å². The lowest BCUT2D eigenvalue weighted by Crippen LogP contribution is -2.08. The molecular formula is C43H34O8. The number of rotatable bonds is 11. The van der Waals surface area contributed by atoms with Crippen molar-refractivity contribution in [2.45, 2.75) is 20.8 Å². The highest BCUT2D eigenvalue weighted by molar-refractivity contribution is 5.91. The second kappa shape index (κ2) is 16.9. The first-order chi connectivity index (χ1) is 24.4. The number of ether oxygens (including phenoxy) is 4. The zero-order chi connectivity index (χ0) is 37.1. The lowest BCUT2D eigenvalue weighted by molar-refractivity contribution is -0.133. The monoisotopic (exact) mass is 678 g/mol. The fourth-order valence-corrected chi connectivity index (χ4v) is 4.31. The Kier molecular flexibility index (Phi) is 12.2. The molecule has 0 amide bonds. The first-order valence-electron chi connectivity index (χ1n) is 15.5. The molecule has 51 heavy (non-hydrogen) atoms. The Labute approximate surface area is 296 Å². The average molecular weight is 679 g/mol. The van der Waals surface area contributed by atoms with Crippen LogP contribution in [0.4, 0.5) is 0 Å². The van der Waals surface area contributed by atoms with Crippen LogP contribution >= 0.6 is 0 Å². The van der Waals surface area contributed by atoms with Crippen LogP contribution in [0.2, 0.25) is 0 Å². The summed E-state index contributed by atoms with van der Waals surface area (Å²) in [6, 6.07) is 24.7. The van der Waals surface area contributed by atoms with Crippen molar-refractivity contribution in [1.82, 2.24) is 0 Å². The third-order valence-electron chi connectivity index (χ3n) is 7.02. The molecule has 0 N–H and O–H groups in total. The first-order valence-corrected chi connectivity index (χ1v) is 15.5. The molecule has 0 aliphatic carbocycles. The van der Waals surface area contributed by atoms with E-state index in [9.17, 15) is 19.2 Å². The third kappa shape index (κ3) is 10.0. The Morgan fingerprint density at radius 2 is 1.08 bits per heavy atom. The molecule has 0 fully saturated rings. The van der Waals surface area contributed by atoms with Crippen molar-refractivity contribution in [3.63, 3.8) is 0 Å². The van der Waals surface area contributed by atoms with Crippen molar-refractivity contribution in [3.8, 4) is 51.3 Å². The molecule has 0 atom stereocenters. The molecule has 8 nitrogen and oxygen atoms in total. The highest BCUT2D eigenvalue weighted by atomic mass is 16.5. The Morgan fingerprint density at radius 3 is 1.57 bits per heavy atom. The van der Waals surface area contributed by atoms with Crippen molar-refractivity contribution in [1.29, 1.82) is 0 Å². The fraction of sp³-hybridized carbons (Fsp3) is 0.0698. The number of esters is 4. The summed E-state index contributed by atoms with van der Waals surface area (Å²) in [7, 11) is 0. The Bertz CT molecular complexity index is 2140. The molecule has 0 unspecified atom stereocenters. The van der Waals surface area contributed by atoms with Gasteiger partial charge in [0.05, 0.1) is 6.26 Å². The first kappa shape index (κ1) is 36.8. The zero-order valence-corrected chi connectivity index (χ0v) is 28.4. The van der Waals surface area contributed by atoms with Crippen molar-refractivity contribution in [2.75, 3.05) is 0 Å². The van der Waals surface area contributed by atoms with Gasteiger partial charge in [0, 0.05) is 45.0 Å². The van der Waals surface area contributed by atoms with E-state index in [-0.39, 0.29) is 16.9 Å². The van der Waals surface area contributed by atoms with Gasteiger partial charge in [-0.2, -0.15) is 0 Å². The van der Waals surface area contributed by atoms with E-state index < -0.39 is 23.9 Å². The van der Waals surface area contributed by atoms with E-state index in [0.29, 0.717) is 44.9 Å². The van der Waals surface area contributed by atoms with Crippen LogP contribution in [0.15, 0.2) is 140 Å². The smallest absolute Gasteiger partial charge is 0.338 e. The number of hydrogen-bond donors (Lipinski definition) is 0. The van der Waals surface area contributed by atoms with Crippen LogP contribution in [0, 0.1) is 11.8 Å². The predicted octanol–water partition coefficient (Wildman–Crippen LogP) is 8.56. The largest absolute Gasteiger partial charge is 0.431 e. The Balaban J connectivity index is 1.72. The highest BCUT2D eigenvalue weighted by Gasteiger charge is 2.18. The van der Waals surface area contributed by atoms with Crippen molar-refractivity contribution in [2.24, 2.45) is 0 Å². The van der Waals surface area contributed by atoms with Crippen LogP contribution in [-0.2, 0) is 23.9 Å². The second-order valence-corrected chi connectivity index (χ2v) is 11.2. The van der Waals surface area contributed by atoms with Gasteiger partial charge < -0.3 is 18.9 Å². The van der Waals surface area contributed by atoms with Crippen LogP contribution in [-0.4, -0.2) is 23.9 Å². The van der Waals surface area contributed by atoms with E-state index in [4.69, 9.17) is 18.9 Å². The van der Waals surface area contributed by atoms with Gasteiger partial charge in [0.25, 0.3) is 0 Å². The molecule has 0 aliphatic rings. The molecule has 4 rings (SSSR count). The SMILES string of the molecule is C=CC(=O)Oc1c(-c2ccc(OC(=O)C(=C)C)cc2)ccc(C#Cc2ccc(-c3ccc(OC(=O)C(=C)C)cc3)cc2)c1/C=C/OC(=O)C(=C)C. The van der Waals surface area contributed by atoms with Gasteiger partial charge in [-0.3, -0.25) is 0 Å². The molecule has 4 aromatic carbocycles. The molecule has 0 saturated carbocycles. The number of hydrogen-bond acceptors (Lipinski definition) is 8. The topological polar surface area (TPSA) is 105 Å². The van der Waals surface area contributed by atoms with Crippen LogP contribution < -0.4 is 14.2 Å². The number of carbonyl (C=O) groups excluding carboxylic acids is 4. The number of carbonyl (C=O) groups is 4. The molecule has 0 radical (unpaired) electrons. The summed E-state index contributed by atoms with van der Waals surface area (Å²) in [6.07, 6.45) is 3.68. The lowest BCUT2D eigenvalue weighted by Gasteiger charge is -2.15. The van der Waals surface area contributed by atoms with E-state index in [0.717, 1.165) is 17.2 Å². The van der Waals surface area contributed by atoms with Gasteiger partial charge in [-0.15, -0.1) is 0 Å². The maximum atomic E-state index is 12.6. The number of benzene rings is 4. The maximum absolute atomic E-state index is 12.6. The summed E-state index contributed by atoms with van der Waals surface area (Å²) < 4.78 is 21.5. The molecule has 8 heteroatoms. The summed E-state index contributed by atoms with van der Waals surface area (Å²) in [6.45, 7) is 18.9.